The summed E-state index contributed by atoms with van der Waals surface area (Å²) in [7, 11) is 1.24. The Morgan fingerprint density at radius 2 is 2.00 bits per heavy atom. The molecule has 0 atom stereocenters. The lowest BCUT2D eigenvalue weighted by molar-refractivity contribution is 0.0597. The van der Waals surface area contributed by atoms with Crippen LogP contribution < -0.4 is 5.73 Å². The van der Waals surface area contributed by atoms with Crippen molar-refractivity contribution < 1.29 is 19.7 Å². The number of unbranched alkanes of at least 4 members (excludes halogenated alkanes) is 1. The van der Waals surface area contributed by atoms with Gasteiger partial charge in [0.05, 0.1) is 7.11 Å². The number of aromatic hydroxyl groups is 2. The van der Waals surface area contributed by atoms with E-state index < -0.39 is 5.97 Å². The minimum Gasteiger partial charge on any atom is -0.508 e. The number of hydrogen-bond donors (Lipinski definition) is 3. The predicted octanol–water partition coefficient (Wildman–Crippen LogP) is 1.17. The molecule has 0 heterocycles. The van der Waals surface area contributed by atoms with Gasteiger partial charge in [0.25, 0.3) is 0 Å². The van der Waals surface area contributed by atoms with Crippen LogP contribution in [0.2, 0.25) is 0 Å². The maximum Gasteiger partial charge on any atom is 0.341 e. The van der Waals surface area contributed by atoms with Crippen LogP contribution in [-0.2, 0) is 11.2 Å². The molecule has 4 N–H and O–H groups in total. The number of phenols is 2. The second-order valence-corrected chi connectivity index (χ2v) is 3.74. The molecule has 0 unspecified atom stereocenters. The van der Waals surface area contributed by atoms with Gasteiger partial charge in [0.2, 0.25) is 0 Å². The topological polar surface area (TPSA) is 92.8 Å². The van der Waals surface area contributed by atoms with Crippen molar-refractivity contribution in [2.45, 2.75) is 19.3 Å². The number of carbonyl (C=O) groups is 1. The molecule has 0 aliphatic carbocycles. The van der Waals surface area contributed by atoms with Gasteiger partial charge in [-0.25, -0.2) is 4.79 Å². The van der Waals surface area contributed by atoms with Gasteiger partial charge in [-0.1, -0.05) is 0 Å². The summed E-state index contributed by atoms with van der Waals surface area (Å²) in [5.41, 5.74) is 6.05. The van der Waals surface area contributed by atoms with Crippen LogP contribution in [0.5, 0.6) is 11.5 Å². The number of nitrogens with two attached hydrogens (primary N) is 1. The van der Waals surface area contributed by atoms with Crippen molar-refractivity contribution in [2.75, 3.05) is 13.7 Å². The van der Waals surface area contributed by atoms with Crippen LogP contribution in [0.4, 0.5) is 0 Å². The summed E-state index contributed by atoms with van der Waals surface area (Å²) in [5.74, 6) is -0.924. The molecule has 0 bridgehead atoms. The first-order chi connectivity index (χ1) is 8.10. The van der Waals surface area contributed by atoms with Crippen LogP contribution in [-0.4, -0.2) is 29.8 Å². The highest BCUT2D eigenvalue weighted by Crippen LogP contribution is 2.28. The summed E-state index contributed by atoms with van der Waals surface area (Å²) in [6.07, 6.45) is 2.26. The van der Waals surface area contributed by atoms with E-state index >= 15 is 0 Å². The Morgan fingerprint density at radius 3 is 2.59 bits per heavy atom. The molecule has 0 aliphatic rings. The summed E-state index contributed by atoms with van der Waals surface area (Å²) in [5, 5.41) is 19.1. The van der Waals surface area contributed by atoms with Crippen LogP contribution >= 0.6 is 0 Å². The minimum absolute atomic E-state index is 0.0211. The van der Waals surface area contributed by atoms with Crippen LogP contribution in [0.3, 0.4) is 0 Å². The largest absolute Gasteiger partial charge is 0.508 e. The molecule has 0 fully saturated rings. The Labute approximate surface area is 99.8 Å². The smallest absolute Gasteiger partial charge is 0.341 e. The third-order valence-corrected chi connectivity index (χ3v) is 2.50. The van der Waals surface area contributed by atoms with E-state index in [-0.39, 0.29) is 17.1 Å². The third-order valence-electron chi connectivity index (χ3n) is 2.50. The van der Waals surface area contributed by atoms with Gasteiger partial charge in [-0.15, -0.1) is 0 Å². The first-order valence-corrected chi connectivity index (χ1v) is 5.43. The van der Waals surface area contributed by atoms with Crippen LogP contribution in [0.1, 0.15) is 28.8 Å². The van der Waals surface area contributed by atoms with E-state index in [0.29, 0.717) is 18.5 Å². The lowest BCUT2D eigenvalue weighted by Crippen LogP contribution is -2.03. The molecule has 5 heteroatoms. The number of phenolic OH excluding ortho intramolecular Hbond substituents is 2. The van der Waals surface area contributed by atoms with E-state index in [9.17, 15) is 15.0 Å². The lowest BCUT2D eigenvalue weighted by atomic mass is 10.0. The van der Waals surface area contributed by atoms with Gasteiger partial charge in [0, 0.05) is 6.07 Å². The number of esters is 1. The zero-order chi connectivity index (χ0) is 12.8. The molecule has 5 nitrogen and oxygen atoms in total. The molecule has 0 aromatic heterocycles. The minimum atomic E-state index is -0.623. The first-order valence-electron chi connectivity index (χ1n) is 5.43. The van der Waals surface area contributed by atoms with Crippen molar-refractivity contribution >= 4 is 5.97 Å². The highest BCUT2D eigenvalue weighted by molar-refractivity contribution is 5.92. The van der Waals surface area contributed by atoms with E-state index in [2.05, 4.69) is 4.74 Å². The molecule has 17 heavy (non-hydrogen) atoms. The molecule has 94 valence electrons. The monoisotopic (exact) mass is 239 g/mol. The fourth-order valence-electron chi connectivity index (χ4n) is 1.56. The fourth-order valence-corrected chi connectivity index (χ4v) is 1.56. The molecule has 0 aliphatic heterocycles. The number of ether oxygens (including phenoxy) is 1. The van der Waals surface area contributed by atoms with E-state index in [1.807, 2.05) is 0 Å². The molecule has 1 aromatic carbocycles. The number of methoxy groups -OCH3 is 1. The van der Waals surface area contributed by atoms with Gasteiger partial charge in [-0.3, -0.25) is 0 Å². The Kier molecular flexibility index (Phi) is 4.78. The van der Waals surface area contributed by atoms with Gasteiger partial charge in [0.15, 0.2) is 0 Å². The van der Waals surface area contributed by atoms with Gasteiger partial charge < -0.3 is 20.7 Å². The zero-order valence-corrected chi connectivity index (χ0v) is 9.77. The van der Waals surface area contributed by atoms with Crippen molar-refractivity contribution in [3.05, 3.63) is 23.3 Å². The maximum atomic E-state index is 11.3. The average Bonchev–Trinajstić information content (AvgIpc) is 2.31. The summed E-state index contributed by atoms with van der Waals surface area (Å²) in [6, 6.07) is 2.61. The standard InChI is InChI=1S/C12H17NO4/c1-17-12(16)9-6-8(4-2-3-5-13)10(14)7-11(9)15/h6-7,14-15H,2-5,13H2,1H3. The van der Waals surface area contributed by atoms with Crippen molar-refractivity contribution in [2.24, 2.45) is 5.73 Å². The third kappa shape index (κ3) is 3.35. The number of aryl methyl sites for hydroxylation is 1. The van der Waals surface area contributed by atoms with Crippen molar-refractivity contribution in [1.82, 2.24) is 0 Å². The maximum absolute atomic E-state index is 11.3. The summed E-state index contributed by atoms with van der Waals surface area (Å²) < 4.78 is 4.54. The van der Waals surface area contributed by atoms with Crippen LogP contribution in [0, 0.1) is 0 Å². The second kappa shape index (κ2) is 6.10. The molecule has 1 aromatic rings. The lowest BCUT2D eigenvalue weighted by Gasteiger charge is -2.08. The number of carbonyl (C=O) groups excluding carboxylic acids is 1. The van der Waals surface area contributed by atoms with Crippen LogP contribution in [0.25, 0.3) is 0 Å². The molecule has 0 radical (unpaired) electrons. The normalized spacial score (nSPS) is 10.2. The summed E-state index contributed by atoms with van der Waals surface area (Å²) >= 11 is 0. The zero-order valence-electron chi connectivity index (χ0n) is 9.77. The molecular formula is C12H17NO4. The van der Waals surface area contributed by atoms with Gasteiger partial charge >= 0.3 is 5.97 Å². The first kappa shape index (κ1) is 13.3. The van der Waals surface area contributed by atoms with E-state index in [0.717, 1.165) is 18.9 Å². The Bertz CT molecular complexity index is 404. The van der Waals surface area contributed by atoms with Crippen LogP contribution in [0.15, 0.2) is 12.1 Å². The van der Waals surface area contributed by atoms with Crippen molar-refractivity contribution in [3.63, 3.8) is 0 Å². The van der Waals surface area contributed by atoms with E-state index in [1.165, 1.54) is 13.2 Å². The molecule has 0 amide bonds. The highest BCUT2D eigenvalue weighted by Gasteiger charge is 2.15. The average molecular weight is 239 g/mol. The van der Waals surface area contributed by atoms with Crippen molar-refractivity contribution in [3.8, 4) is 11.5 Å². The highest BCUT2D eigenvalue weighted by atomic mass is 16.5. The van der Waals surface area contributed by atoms with Gasteiger partial charge in [-0.05, 0) is 37.4 Å². The summed E-state index contributed by atoms with van der Waals surface area (Å²) in [4.78, 5) is 11.3. The predicted molar refractivity (Wildman–Crippen MR) is 63.1 cm³/mol. The molecule has 1 rings (SSSR count). The number of hydrogen-bond acceptors (Lipinski definition) is 5. The number of benzene rings is 1. The summed E-state index contributed by atoms with van der Waals surface area (Å²) in [6.45, 7) is 0.586. The molecule has 0 saturated heterocycles. The molecular weight excluding hydrogens is 222 g/mol. The SMILES string of the molecule is COC(=O)c1cc(CCCCN)c(O)cc1O. The Balaban J connectivity index is 2.93. The Morgan fingerprint density at radius 1 is 1.29 bits per heavy atom. The van der Waals surface area contributed by atoms with E-state index in [4.69, 9.17) is 5.73 Å². The van der Waals surface area contributed by atoms with Crippen molar-refractivity contribution in [1.29, 1.82) is 0 Å². The molecule has 0 saturated carbocycles. The Hall–Kier alpha value is -1.75. The second-order valence-electron chi connectivity index (χ2n) is 3.74. The quantitative estimate of drug-likeness (QED) is 0.529. The van der Waals surface area contributed by atoms with E-state index in [1.54, 1.807) is 0 Å². The number of rotatable bonds is 5. The fraction of sp³-hybridized carbons (Fsp3) is 0.417. The molecule has 0 spiro atoms. The van der Waals surface area contributed by atoms with Gasteiger partial charge in [0.1, 0.15) is 17.1 Å². The van der Waals surface area contributed by atoms with Gasteiger partial charge in [-0.2, -0.15) is 0 Å².